The number of amides is 1. The molecule has 1 unspecified atom stereocenters. The van der Waals surface area contributed by atoms with Gasteiger partial charge in [0.25, 0.3) is 11.6 Å². The first kappa shape index (κ1) is 21.4. The van der Waals surface area contributed by atoms with E-state index >= 15 is 0 Å². The van der Waals surface area contributed by atoms with E-state index in [1.54, 1.807) is 37.3 Å². The number of esters is 1. The number of rotatable bonds is 6. The first-order valence-electron chi connectivity index (χ1n) is 9.77. The fraction of sp³-hybridized carbons (Fsp3) is 0.174. The predicted molar refractivity (Wildman–Crippen MR) is 120 cm³/mol. The van der Waals surface area contributed by atoms with Gasteiger partial charge >= 0.3 is 5.97 Å². The fourth-order valence-electron chi connectivity index (χ4n) is 3.12. The highest BCUT2D eigenvalue weighted by molar-refractivity contribution is 7.13. The number of fused-ring (bicyclic) bond motifs is 1. The molecule has 0 saturated heterocycles. The van der Waals surface area contributed by atoms with Gasteiger partial charge in [0.15, 0.2) is 11.9 Å². The normalized spacial score (nSPS) is 11.8. The summed E-state index contributed by atoms with van der Waals surface area (Å²) in [5, 5.41) is 8.93. The van der Waals surface area contributed by atoms with E-state index in [2.05, 4.69) is 15.5 Å². The number of ether oxygens (including phenoxy) is 1. The van der Waals surface area contributed by atoms with E-state index in [4.69, 9.17) is 9.26 Å². The fourth-order valence-corrected chi connectivity index (χ4v) is 3.80. The topological polar surface area (TPSA) is 111 Å². The van der Waals surface area contributed by atoms with Gasteiger partial charge in [-0.15, -0.1) is 11.3 Å². The number of carbonyl (C=O) groups excluding carboxylic acids is 3. The molecule has 3 aromatic heterocycles. The second-order valence-corrected chi connectivity index (χ2v) is 8.10. The van der Waals surface area contributed by atoms with E-state index in [1.165, 1.54) is 25.2 Å². The van der Waals surface area contributed by atoms with Gasteiger partial charge in [-0.05, 0) is 62.5 Å². The summed E-state index contributed by atoms with van der Waals surface area (Å²) in [6, 6.07) is 11.8. The Morgan fingerprint density at radius 2 is 1.91 bits per heavy atom. The number of nitrogens with one attached hydrogen (secondary N) is 1. The van der Waals surface area contributed by atoms with Crippen LogP contribution in [0.2, 0.25) is 0 Å². The Labute approximate surface area is 187 Å². The van der Waals surface area contributed by atoms with E-state index in [1.807, 2.05) is 17.5 Å². The number of anilines is 1. The van der Waals surface area contributed by atoms with Crippen LogP contribution in [0.25, 0.3) is 21.7 Å². The number of carbonyl (C=O) groups is 3. The number of nitrogens with zero attached hydrogens (tertiary/aromatic N) is 2. The molecule has 9 heteroatoms. The van der Waals surface area contributed by atoms with Crippen LogP contribution >= 0.6 is 11.3 Å². The SMILES string of the molecule is CC(=O)c1ccc(NC(=O)C(C)OC(=O)c2cc(-c3cccs3)nc3onc(C)c23)cc1. The maximum Gasteiger partial charge on any atom is 0.339 e. The number of aryl methyl sites for hydroxylation is 1. The maximum atomic E-state index is 13.0. The molecule has 4 aromatic rings. The number of benzene rings is 1. The minimum absolute atomic E-state index is 0.0696. The monoisotopic (exact) mass is 449 g/mol. The number of pyridine rings is 1. The Morgan fingerprint density at radius 1 is 1.16 bits per heavy atom. The molecule has 162 valence electrons. The molecule has 0 aliphatic carbocycles. The molecule has 8 nitrogen and oxygen atoms in total. The minimum Gasteiger partial charge on any atom is -0.449 e. The summed E-state index contributed by atoms with van der Waals surface area (Å²) in [6.07, 6.45) is -1.07. The van der Waals surface area contributed by atoms with Crippen LogP contribution in [0.1, 0.15) is 40.3 Å². The molecule has 3 heterocycles. The quantitative estimate of drug-likeness (QED) is 0.337. The minimum atomic E-state index is -1.07. The average molecular weight is 449 g/mol. The van der Waals surface area contributed by atoms with Crippen LogP contribution in [0.5, 0.6) is 0 Å². The molecular weight excluding hydrogens is 430 g/mol. The van der Waals surface area contributed by atoms with Gasteiger partial charge in [0.1, 0.15) is 0 Å². The van der Waals surface area contributed by atoms with E-state index < -0.39 is 18.0 Å². The van der Waals surface area contributed by atoms with Gasteiger partial charge in [0.05, 0.1) is 27.2 Å². The van der Waals surface area contributed by atoms with Crippen molar-refractivity contribution < 1.29 is 23.6 Å². The van der Waals surface area contributed by atoms with Crippen LogP contribution in [-0.2, 0) is 9.53 Å². The lowest BCUT2D eigenvalue weighted by molar-refractivity contribution is -0.123. The molecule has 0 bridgehead atoms. The molecule has 0 fully saturated rings. The van der Waals surface area contributed by atoms with Gasteiger partial charge in [-0.25, -0.2) is 9.78 Å². The van der Waals surface area contributed by atoms with Gasteiger partial charge in [-0.1, -0.05) is 11.2 Å². The van der Waals surface area contributed by atoms with Crippen LogP contribution in [0, 0.1) is 6.92 Å². The number of thiophene rings is 1. The smallest absolute Gasteiger partial charge is 0.339 e. The highest BCUT2D eigenvalue weighted by Crippen LogP contribution is 2.30. The van der Waals surface area contributed by atoms with E-state index in [-0.39, 0.29) is 17.1 Å². The lowest BCUT2D eigenvalue weighted by atomic mass is 10.1. The molecule has 4 rings (SSSR count). The summed E-state index contributed by atoms with van der Waals surface area (Å²) in [6.45, 7) is 4.65. The van der Waals surface area contributed by atoms with E-state index in [0.717, 1.165) is 4.88 Å². The molecular formula is C23H19N3O5S. The van der Waals surface area contributed by atoms with Gasteiger partial charge in [0, 0.05) is 11.3 Å². The third-order valence-corrected chi connectivity index (χ3v) is 5.72. The lowest BCUT2D eigenvalue weighted by Gasteiger charge is -2.14. The third-order valence-electron chi connectivity index (χ3n) is 4.82. The Hall–Kier alpha value is -3.85. The van der Waals surface area contributed by atoms with E-state index in [9.17, 15) is 14.4 Å². The molecule has 0 aliphatic heterocycles. The average Bonchev–Trinajstić information content (AvgIpc) is 3.44. The second kappa shape index (κ2) is 8.72. The van der Waals surface area contributed by atoms with Gasteiger partial charge in [0.2, 0.25) is 0 Å². The van der Waals surface area contributed by atoms with Crippen molar-refractivity contribution >= 4 is 45.8 Å². The summed E-state index contributed by atoms with van der Waals surface area (Å²) < 4.78 is 10.7. The molecule has 0 spiro atoms. The summed E-state index contributed by atoms with van der Waals surface area (Å²) in [5.41, 5.74) is 2.53. The van der Waals surface area contributed by atoms with Gasteiger partial charge < -0.3 is 14.6 Å². The Bertz CT molecular complexity index is 1310. The zero-order chi connectivity index (χ0) is 22.8. The first-order chi connectivity index (χ1) is 15.3. The van der Waals surface area contributed by atoms with Crippen molar-refractivity contribution in [2.45, 2.75) is 26.9 Å². The number of hydrogen-bond donors (Lipinski definition) is 1. The number of Topliss-reactive ketones (excluding diaryl/α,β-unsaturated/α-hetero) is 1. The van der Waals surface area contributed by atoms with Gasteiger partial charge in [-0.3, -0.25) is 9.59 Å². The summed E-state index contributed by atoms with van der Waals surface area (Å²) in [5.74, 6) is -1.25. The van der Waals surface area contributed by atoms with Crippen LogP contribution in [0.3, 0.4) is 0 Å². The summed E-state index contributed by atoms with van der Waals surface area (Å²) >= 11 is 1.47. The zero-order valence-electron chi connectivity index (χ0n) is 17.5. The molecule has 0 radical (unpaired) electrons. The standard InChI is InChI=1S/C23H19N3O5S/c1-12-20-17(11-18(19-5-4-10-32-19)25-22(20)31-26-12)23(29)30-14(3)21(28)24-16-8-6-15(7-9-16)13(2)27/h4-11,14H,1-3H3,(H,24,28). The van der Waals surface area contributed by atoms with Crippen LogP contribution in [0.4, 0.5) is 5.69 Å². The highest BCUT2D eigenvalue weighted by atomic mass is 32.1. The molecule has 1 aromatic carbocycles. The van der Waals surface area contributed by atoms with Crippen molar-refractivity contribution in [1.29, 1.82) is 0 Å². The Balaban J connectivity index is 1.54. The van der Waals surface area contributed by atoms with Crippen molar-refractivity contribution in [2.75, 3.05) is 5.32 Å². The van der Waals surface area contributed by atoms with Crippen LogP contribution in [-0.4, -0.2) is 33.9 Å². The molecule has 1 N–H and O–H groups in total. The first-order valence-corrected chi connectivity index (χ1v) is 10.6. The van der Waals surface area contributed by atoms with Crippen LogP contribution in [0.15, 0.2) is 52.4 Å². The van der Waals surface area contributed by atoms with Crippen molar-refractivity contribution in [2.24, 2.45) is 0 Å². The van der Waals surface area contributed by atoms with Gasteiger partial charge in [-0.2, -0.15) is 0 Å². The second-order valence-electron chi connectivity index (χ2n) is 7.15. The van der Waals surface area contributed by atoms with Crippen LogP contribution < -0.4 is 5.32 Å². The number of aromatic nitrogens is 2. The molecule has 1 atom stereocenters. The lowest BCUT2D eigenvalue weighted by Crippen LogP contribution is -2.30. The summed E-state index contributed by atoms with van der Waals surface area (Å²) in [7, 11) is 0. The molecule has 32 heavy (non-hydrogen) atoms. The van der Waals surface area contributed by atoms with Crippen molar-refractivity contribution in [3.8, 4) is 10.6 Å². The summed E-state index contributed by atoms with van der Waals surface area (Å²) in [4.78, 5) is 42.2. The largest absolute Gasteiger partial charge is 0.449 e. The van der Waals surface area contributed by atoms with Crippen molar-refractivity contribution in [3.05, 3.63) is 64.7 Å². The predicted octanol–water partition coefficient (Wildman–Crippen LogP) is 4.65. The Kier molecular flexibility index (Phi) is 5.83. The van der Waals surface area contributed by atoms with E-state index in [0.29, 0.717) is 28.0 Å². The molecule has 0 saturated carbocycles. The van der Waals surface area contributed by atoms with Crippen molar-refractivity contribution in [3.63, 3.8) is 0 Å². The maximum absolute atomic E-state index is 13.0. The zero-order valence-corrected chi connectivity index (χ0v) is 18.4. The Morgan fingerprint density at radius 3 is 2.56 bits per heavy atom. The van der Waals surface area contributed by atoms with Crippen molar-refractivity contribution in [1.82, 2.24) is 10.1 Å². The third kappa shape index (κ3) is 4.28. The molecule has 0 aliphatic rings. The number of hydrogen-bond acceptors (Lipinski definition) is 8. The highest BCUT2D eigenvalue weighted by Gasteiger charge is 2.24. The molecule has 1 amide bonds. The number of ketones is 1.